The van der Waals surface area contributed by atoms with Gasteiger partial charge in [-0.15, -0.1) is 0 Å². The van der Waals surface area contributed by atoms with E-state index in [1.54, 1.807) is 9.80 Å². The lowest BCUT2D eigenvalue weighted by Gasteiger charge is -2.36. The minimum atomic E-state index is 0.0180. The molecular formula is C16H26N4O4. The molecular weight excluding hydrogens is 312 g/mol. The number of carbonyl (C=O) groups is 3. The molecule has 24 heavy (non-hydrogen) atoms. The zero-order valence-electron chi connectivity index (χ0n) is 14.1. The Morgan fingerprint density at radius 3 is 2.08 bits per heavy atom. The first-order valence-electron chi connectivity index (χ1n) is 8.77. The van der Waals surface area contributed by atoms with E-state index in [0.717, 1.165) is 6.42 Å². The first-order chi connectivity index (χ1) is 11.6. The molecule has 3 fully saturated rings. The van der Waals surface area contributed by atoms with Gasteiger partial charge in [-0.1, -0.05) is 0 Å². The Kier molecular flexibility index (Phi) is 5.68. The highest BCUT2D eigenvalue weighted by Gasteiger charge is 2.28. The second kappa shape index (κ2) is 7.94. The molecule has 0 unspecified atom stereocenters. The van der Waals surface area contributed by atoms with Crippen molar-refractivity contribution in [3.05, 3.63) is 0 Å². The van der Waals surface area contributed by atoms with Crippen molar-refractivity contribution in [2.75, 3.05) is 72.1 Å². The molecule has 0 N–H and O–H groups in total. The second-order valence-electron chi connectivity index (χ2n) is 6.57. The van der Waals surface area contributed by atoms with E-state index in [1.807, 2.05) is 4.90 Å². The van der Waals surface area contributed by atoms with Crippen LogP contribution in [0.2, 0.25) is 0 Å². The van der Waals surface area contributed by atoms with Crippen LogP contribution >= 0.6 is 0 Å². The molecule has 3 amide bonds. The summed E-state index contributed by atoms with van der Waals surface area (Å²) in [7, 11) is 0. The van der Waals surface area contributed by atoms with Gasteiger partial charge >= 0.3 is 0 Å². The van der Waals surface area contributed by atoms with Gasteiger partial charge in [0.15, 0.2) is 0 Å². The molecule has 134 valence electrons. The van der Waals surface area contributed by atoms with Crippen LogP contribution in [0.3, 0.4) is 0 Å². The van der Waals surface area contributed by atoms with Crippen molar-refractivity contribution in [2.24, 2.45) is 0 Å². The molecule has 3 aliphatic rings. The predicted octanol–water partition coefficient (Wildman–Crippen LogP) is -1.39. The summed E-state index contributed by atoms with van der Waals surface area (Å²) in [6, 6.07) is 0. The standard InChI is InChI=1S/C16H26N4O4/c21-14-2-1-3-20(14)13-16(23)18-6-4-17(5-7-18)12-15(22)19-8-10-24-11-9-19/h1-13H2. The molecule has 0 bridgehead atoms. The fraction of sp³-hybridized carbons (Fsp3) is 0.812. The van der Waals surface area contributed by atoms with Crippen molar-refractivity contribution < 1.29 is 19.1 Å². The van der Waals surface area contributed by atoms with E-state index in [2.05, 4.69) is 4.90 Å². The number of rotatable bonds is 4. The van der Waals surface area contributed by atoms with Gasteiger partial charge in [0.2, 0.25) is 17.7 Å². The maximum Gasteiger partial charge on any atom is 0.242 e. The van der Waals surface area contributed by atoms with Crippen molar-refractivity contribution in [2.45, 2.75) is 12.8 Å². The number of nitrogens with zero attached hydrogens (tertiary/aromatic N) is 4. The zero-order valence-corrected chi connectivity index (χ0v) is 14.1. The molecule has 0 radical (unpaired) electrons. The molecule has 3 aliphatic heterocycles. The Morgan fingerprint density at radius 1 is 0.833 bits per heavy atom. The van der Waals surface area contributed by atoms with E-state index in [1.165, 1.54) is 0 Å². The minimum absolute atomic E-state index is 0.0180. The number of ether oxygens (including phenoxy) is 1. The summed E-state index contributed by atoms with van der Waals surface area (Å²) in [5.41, 5.74) is 0. The molecule has 0 aromatic heterocycles. The van der Waals surface area contributed by atoms with Crippen molar-refractivity contribution in [3.8, 4) is 0 Å². The van der Waals surface area contributed by atoms with Crippen LogP contribution in [0.4, 0.5) is 0 Å². The Labute approximate surface area is 142 Å². The van der Waals surface area contributed by atoms with Crippen LogP contribution in [0.25, 0.3) is 0 Å². The van der Waals surface area contributed by atoms with Gasteiger partial charge < -0.3 is 19.4 Å². The van der Waals surface area contributed by atoms with Gasteiger partial charge in [-0.3, -0.25) is 19.3 Å². The topological polar surface area (TPSA) is 73.4 Å². The summed E-state index contributed by atoms with van der Waals surface area (Å²) in [5, 5.41) is 0. The van der Waals surface area contributed by atoms with Crippen molar-refractivity contribution >= 4 is 17.7 Å². The average molecular weight is 338 g/mol. The fourth-order valence-electron chi connectivity index (χ4n) is 3.39. The van der Waals surface area contributed by atoms with E-state index in [4.69, 9.17) is 4.74 Å². The Hall–Kier alpha value is -1.67. The third kappa shape index (κ3) is 4.24. The largest absolute Gasteiger partial charge is 0.378 e. The van der Waals surface area contributed by atoms with Gasteiger partial charge in [0, 0.05) is 52.2 Å². The lowest BCUT2D eigenvalue weighted by Crippen LogP contribution is -2.54. The molecule has 0 saturated carbocycles. The summed E-state index contributed by atoms with van der Waals surface area (Å²) in [4.78, 5) is 43.6. The third-order valence-electron chi connectivity index (χ3n) is 4.95. The van der Waals surface area contributed by atoms with E-state index in [9.17, 15) is 14.4 Å². The van der Waals surface area contributed by atoms with E-state index >= 15 is 0 Å². The van der Waals surface area contributed by atoms with Crippen LogP contribution in [0.5, 0.6) is 0 Å². The highest BCUT2D eigenvalue weighted by Crippen LogP contribution is 2.11. The molecule has 0 spiro atoms. The smallest absolute Gasteiger partial charge is 0.242 e. The number of hydrogen-bond donors (Lipinski definition) is 0. The van der Waals surface area contributed by atoms with E-state index < -0.39 is 0 Å². The molecule has 0 aliphatic carbocycles. The third-order valence-corrected chi connectivity index (χ3v) is 4.95. The van der Waals surface area contributed by atoms with Gasteiger partial charge in [-0.2, -0.15) is 0 Å². The fourth-order valence-corrected chi connectivity index (χ4v) is 3.39. The molecule has 3 saturated heterocycles. The monoisotopic (exact) mass is 338 g/mol. The Balaban J connectivity index is 1.39. The number of likely N-dealkylation sites (tertiary alicyclic amines) is 1. The normalized spacial score (nSPS) is 23.0. The summed E-state index contributed by atoms with van der Waals surface area (Å²) in [5.74, 6) is 0.239. The van der Waals surface area contributed by atoms with E-state index in [0.29, 0.717) is 72.0 Å². The number of piperazine rings is 1. The van der Waals surface area contributed by atoms with Gasteiger partial charge in [0.25, 0.3) is 0 Å². The van der Waals surface area contributed by atoms with Crippen LogP contribution in [-0.2, 0) is 19.1 Å². The summed E-state index contributed by atoms with van der Waals surface area (Å²) in [6.45, 7) is 6.52. The maximum absolute atomic E-state index is 12.3. The summed E-state index contributed by atoms with van der Waals surface area (Å²) < 4.78 is 5.26. The highest BCUT2D eigenvalue weighted by atomic mass is 16.5. The van der Waals surface area contributed by atoms with Crippen LogP contribution in [0.1, 0.15) is 12.8 Å². The molecule has 3 rings (SSSR count). The lowest BCUT2D eigenvalue weighted by atomic mass is 10.3. The van der Waals surface area contributed by atoms with Gasteiger partial charge in [0.05, 0.1) is 26.3 Å². The highest BCUT2D eigenvalue weighted by molar-refractivity contribution is 5.86. The molecule has 0 aromatic carbocycles. The van der Waals surface area contributed by atoms with Crippen molar-refractivity contribution in [1.82, 2.24) is 19.6 Å². The van der Waals surface area contributed by atoms with Crippen LogP contribution in [0.15, 0.2) is 0 Å². The quantitative estimate of drug-likeness (QED) is 0.631. The molecule has 0 aromatic rings. The number of amides is 3. The number of carbonyl (C=O) groups excluding carboxylic acids is 3. The SMILES string of the molecule is O=C(CN1CCN(C(=O)CN2CCCC2=O)CC1)N1CCOCC1. The summed E-state index contributed by atoms with van der Waals surface area (Å²) in [6.07, 6.45) is 1.41. The Morgan fingerprint density at radius 2 is 1.46 bits per heavy atom. The van der Waals surface area contributed by atoms with E-state index in [-0.39, 0.29) is 24.3 Å². The Bertz CT molecular complexity index is 484. The van der Waals surface area contributed by atoms with Crippen molar-refractivity contribution in [3.63, 3.8) is 0 Å². The zero-order chi connectivity index (χ0) is 16.9. The number of morpholine rings is 1. The molecule has 8 nitrogen and oxygen atoms in total. The molecule has 8 heteroatoms. The summed E-state index contributed by atoms with van der Waals surface area (Å²) >= 11 is 0. The van der Waals surface area contributed by atoms with Crippen molar-refractivity contribution in [1.29, 1.82) is 0 Å². The molecule has 3 heterocycles. The van der Waals surface area contributed by atoms with Gasteiger partial charge in [-0.05, 0) is 6.42 Å². The van der Waals surface area contributed by atoms with Gasteiger partial charge in [0.1, 0.15) is 0 Å². The average Bonchev–Trinajstić information content (AvgIpc) is 3.01. The van der Waals surface area contributed by atoms with Crippen LogP contribution in [0, 0.1) is 0 Å². The first kappa shape index (κ1) is 17.2. The molecule has 0 atom stereocenters. The van der Waals surface area contributed by atoms with Crippen LogP contribution < -0.4 is 0 Å². The minimum Gasteiger partial charge on any atom is -0.378 e. The lowest BCUT2D eigenvalue weighted by molar-refractivity contribution is -0.140. The maximum atomic E-state index is 12.3. The second-order valence-corrected chi connectivity index (χ2v) is 6.57. The first-order valence-corrected chi connectivity index (χ1v) is 8.77. The van der Waals surface area contributed by atoms with Gasteiger partial charge in [-0.25, -0.2) is 0 Å². The number of hydrogen-bond acceptors (Lipinski definition) is 5. The predicted molar refractivity (Wildman–Crippen MR) is 86.2 cm³/mol. The van der Waals surface area contributed by atoms with Crippen LogP contribution in [-0.4, -0.2) is 109 Å².